The van der Waals surface area contributed by atoms with E-state index in [9.17, 15) is 31.5 Å². The van der Waals surface area contributed by atoms with Gasteiger partial charge in [0.15, 0.2) is 9.84 Å². The second kappa shape index (κ2) is 11.0. The minimum atomic E-state index is -4.61. The van der Waals surface area contributed by atoms with Gasteiger partial charge in [0.05, 0.1) is 21.8 Å². The molecule has 0 atom stereocenters. The predicted octanol–water partition coefficient (Wildman–Crippen LogP) is 6.27. The molecule has 0 bridgehead atoms. The molecule has 2 aromatic carbocycles. The van der Waals surface area contributed by atoms with Gasteiger partial charge in [-0.25, -0.2) is 13.2 Å². The van der Waals surface area contributed by atoms with E-state index in [2.05, 4.69) is 0 Å². The quantitative estimate of drug-likeness (QED) is 0.406. The zero-order valence-electron chi connectivity index (χ0n) is 19.1. The molecule has 0 aliphatic heterocycles. The van der Waals surface area contributed by atoms with Gasteiger partial charge in [-0.15, -0.1) is 0 Å². The van der Waals surface area contributed by atoms with E-state index in [-0.39, 0.29) is 27.3 Å². The topological polar surface area (TPSA) is 74.7 Å². The summed E-state index contributed by atoms with van der Waals surface area (Å²) in [5.74, 6) is -1.61. The molecule has 0 fully saturated rings. The number of aromatic carboxylic acids is 1. The molecular formula is C24H30F3NO4S. The Hall–Kier alpha value is -2.55. The van der Waals surface area contributed by atoms with E-state index in [0.717, 1.165) is 43.9 Å². The maximum absolute atomic E-state index is 13.4. The van der Waals surface area contributed by atoms with E-state index >= 15 is 0 Å². The molecule has 0 saturated heterocycles. The molecule has 0 saturated carbocycles. The van der Waals surface area contributed by atoms with Crippen molar-refractivity contribution in [1.29, 1.82) is 0 Å². The summed E-state index contributed by atoms with van der Waals surface area (Å²) in [6.45, 7) is 6.46. The molecule has 9 heteroatoms. The first-order chi connectivity index (χ1) is 15.5. The molecule has 5 nitrogen and oxygen atoms in total. The second-order valence-electron chi connectivity index (χ2n) is 7.85. The first-order valence-corrected chi connectivity index (χ1v) is 12.7. The second-order valence-corrected chi connectivity index (χ2v) is 10.1. The molecule has 182 valence electrons. The number of alkyl halides is 3. The largest absolute Gasteiger partial charge is 0.478 e. The van der Waals surface area contributed by atoms with Gasteiger partial charge in [0, 0.05) is 24.3 Å². The van der Waals surface area contributed by atoms with Gasteiger partial charge in [0.2, 0.25) is 0 Å². The fraction of sp³-hybridized carbons (Fsp3) is 0.458. The van der Waals surface area contributed by atoms with Crippen LogP contribution in [0.3, 0.4) is 0 Å². The number of anilines is 1. The number of sulfone groups is 1. The Kier molecular flexibility index (Phi) is 8.94. The van der Waals surface area contributed by atoms with Gasteiger partial charge >= 0.3 is 12.1 Å². The predicted molar refractivity (Wildman–Crippen MR) is 124 cm³/mol. The van der Waals surface area contributed by atoms with Crippen LogP contribution in [0.2, 0.25) is 0 Å². The zero-order chi connectivity index (χ0) is 24.8. The highest BCUT2D eigenvalue weighted by molar-refractivity contribution is 7.91. The summed E-state index contributed by atoms with van der Waals surface area (Å²) < 4.78 is 66.4. The molecule has 0 heterocycles. The van der Waals surface area contributed by atoms with Crippen LogP contribution in [0.15, 0.2) is 41.3 Å². The molecule has 0 amide bonds. The number of carbonyl (C=O) groups is 1. The van der Waals surface area contributed by atoms with Gasteiger partial charge in [-0.1, -0.05) is 45.7 Å². The molecule has 0 radical (unpaired) electrons. The van der Waals surface area contributed by atoms with Crippen molar-refractivity contribution in [1.82, 2.24) is 0 Å². The monoisotopic (exact) mass is 485 g/mol. The molecule has 0 aromatic heterocycles. The maximum Gasteiger partial charge on any atom is 0.416 e. The fourth-order valence-corrected chi connectivity index (χ4v) is 4.72. The van der Waals surface area contributed by atoms with Gasteiger partial charge in [0.1, 0.15) is 0 Å². The average molecular weight is 486 g/mol. The molecule has 0 spiro atoms. The molecular weight excluding hydrogens is 455 g/mol. The van der Waals surface area contributed by atoms with E-state index in [1.807, 2.05) is 18.7 Å². The first-order valence-electron chi connectivity index (χ1n) is 11.0. The molecule has 1 N–H and O–H groups in total. The first kappa shape index (κ1) is 26.7. The lowest BCUT2D eigenvalue weighted by Crippen LogP contribution is -2.27. The maximum atomic E-state index is 13.4. The lowest BCUT2D eigenvalue weighted by Gasteiger charge is -2.29. The number of nitrogens with zero attached hydrogens (tertiary/aromatic N) is 1. The Morgan fingerprint density at radius 2 is 1.61 bits per heavy atom. The number of carboxylic acids is 1. The Morgan fingerprint density at radius 1 is 1.00 bits per heavy atom. The van der Waals surface area contributed by atoms with Crippen molar-refractivity contribution < 1.29 is 31.5 Å². The summed E-state index contributed by atoms with van der Waals surface area (Å²) in [6.07, 6.45) is -1.39. The van der Waals surface area contributed by atoms with Crippen LogP contribution in [0.5, 0.6) is 0 Å². The van der Waals surface area contributed by atoms with Crippen molar-refractivity contribution in [2.24, 2.45) is 0 Å². The lowest BCUT2D eigenvalue weighted by molar-refractivity contribution is -0.137. The molecule has 0 aliphatic carbocycles. The number of hydrogen-bond donors (Lipinski definition) is 1. The highest BCUT2D eigenvalue weighted by Gasteiger charge is 2.32. The standard InChI is InChI=1S/C24H30F3NO4S/c1-4-7-12-28(13-8-5-2)20-15-18(23(29)30)16-21(33(31,32)6-3)22(20)17-10-9-11-19(14-17)24(25,26)27/h9-11,14-16H,4-8,12-13H2,1-3H3,(H,29,30). The Balaban J connectivity index is 2.95. The number of rotatable bonds is 11. The van der Waals surface area contributed by atoms with Crippen molar-refractivity contribution in [2.75, 3.05) is 23.7 Å². The normalized spacial score (nSPS) is 12.1. The summed E-state index contributed by atoms with van der Waals surface area (Å²) >= 11 is 0. The van der Waals surface area contributed by atoms with Crippen molar-refractivity contribution in [3.8, 4) is 11.1 Å². The van der Waals surface area contributed by atoms with E-state index < -0.39 is 27.5 Å². The number of benzene rings is 2. The molecule has 2 rings (SSSR count). The minimum Gasteiger partial charge on any atom is -0.478 e. The van der Waals surface area contributed by atoms with Gasteiger partial charge in [-0.05, 0) is 42.7 Å². The summed E-state index contributed by atoms with van der Waals surface area (Å²) in [5.41, 5.74) is -0.599. The van der Waals surface area contributed by atoms with Crippen LogP contribution in [0.25, 0.3) is 11.1 Å². The van der Waals surface area contributed by atoms with Crippen LogP contribution in [0.4, 0.5) is 18.9 Å². The average Bonchev–Trinajstić information content (AvgIpc) is 2.77. The van der Waals surface area contributed by atoms with E-state index in [0.29, 0.717) is 18.8 Å². The third kappa shape index (κ3) is 6.50. The number of carboxylic acid groups (broad SMARTS) is 1. The van der Waals surface area contributed by atoms with E-state index in [1.165, 1.54) is 25.1 Å². The number of hydrogen-bond acceptors (Lipinski definition) is 4. The summed E-state index contributed by atoms with van der Waals surface area (Å²) in [7, 11) is -3.95. The highest BCUT2D eigenvalue weighted by Crippen LogP contribution is 2.41. The third-order valence-corrected chi connectivity index (χ3v) is 7.18. The minimum absolute atomic E-state index is 0.0850. The van der Waals surface area contributed by atoms with Crippen molar-refractivity contribution >= 4 is 21.5 Å². The fourth-order valence-electron chi connectivity index (χ4n) is 3.57. The summed E-state index contributed by atoms with van der Waals surface area (Å²) in [4.78, 5) is 13.5. The van der Waals surface area contributed by atoms with Crippen LogP contribution in [-0.4, -0.2) is 38.3 Å². The molecule has 2 aromatic rings. The Morgan fingerprint density at radius 3 is 2.09 bits per heavy atom. The Bertz CT molecular complexity index is 1070. The molecule has 0 unspecified atom stereocenters. The van der Waals surface area contributed by atoms with E-state index in [1.54, 1.807) is 0 Å². The van der Waals surface area contributed by atoms with Crippen LogP contribution in [0, 0.1) is 0 Å². The smallest absolute Gasteiger partial charge is 0.416 e. The van der Waals surface area contributed by atoms with Gasteiger partial charge < -0.3 is 10.0 Å². The van der Waals surface area contributed by atoms with Crippen molar-refractivity contribution in [2.45, 2.75) is 57.5 Å². The Labute approximate surface area is 193 Å². The zero-order valence-corrected chi connectivity index (χ0v) is 19.9. The van der Waals surface area contributed by atoms with Gasteiger partial charge in [-0.2, -0.15) is 13.2 Å². The van der Waals surface area contributed by atoms with Crippen LogP contribution >= 0.6 is 0 Å². The highest BCUT2D eigenvalue weighted by atomic mass is 32.2. The lowest BCUT2D eigenvalue weighted by atomic mass is 9.98. The molecule has 0 aliphatic rings. The van der Waals surface area contributed by atoms with Crippen LogP contribution < -0.4 is 4.90 Å². The van der Waals surface area contributed by atoms with Crippen molar-refractivity contribution in [3.05, 3.63) is 47.5 Å². The summed E-state index contributed by atoms with van der Waals surface area (Å²) in [6, 6.07) is 6.94. The summed E-state index contributed by atoms with van der Waals surface area (Å²) in [5, 5.41) is 9.66. The van der Waals surface area contributed by atoms with Crippen molar-refractivity contribution in [3.63, 3.8) is 0 Å². The van der Waals surface area contributed by atoms with Gasteiger partial charge in [-0.3, -0.25) is 0 Å². The number of halogens is 3. The van der Waals surface area contributed by atoms with Crippen LogP contribution in [-0.2, 0) is 16.0 Å². The third-order valence-electron chi connectivity index (χ3n) is 5.43. The van der Waals surface area contributed by atoms with Gasteiger partial charge in [0.25, 0.3) is 0 Å². The SMILES string of the molecule is CCCCN(CCCC)c1cc(C(=O)O)cc(S(=O)(=O)CC)c1-c1cccc(C(F)(F)F)c1. The number of unbranched alkanes of at least 4 members (excludes halogenated alkanes) is 2. The van der Waals surface area contributed by atoms with Crippen LogP contribution in [0.1, 0.15) is 62.4 Å². The molecule has 33 heavy (non-hydrogen) atoms. The van der Waals surface area contributed by atoms with E-state index in [4.69, 9.17) is 0 Å².